The van der Waals surface area contributed by atoms with Gasteiger partial charge in [-0.1, -0.05) is 57.1 Å². The van der Waals surface area contributed by atoms with Gasteiger partial charge in [-0.25, -0.2) is 4.98 Å². The Labute approximate surface area is 133 Å². The maximum absolute atomic E-state index is 9.32. The third kappa shape index (κ3) is 3.70. The fraction of sp³-hybridized carbons (Fsp3) is 0.632. The highest BCUT2D eigenvalue weighted by Gasteiger charge is 2.13. The van der Waals surface area contributed by atoms with Crippen LogP contribution in [0.15, 0.2) is 24.3 Å². The summed E-state index contributed by atoms with van der Waals surface area (Å²) in [6.07, 6.45) is 12.2. The molecule has 1 aromatic carbocycles. The molecule has 0 saturated heterocycles. The Balaban J connectivity index is 1.57. The molecule has 1 fully saturated rings. The zero-order valence-electron chi connectivity index (χ0n) is 13.5. The van der Waals surface area contributed by atoms with Gasteiger partial charge in [0.2, 0.25) is 0 Å². The molecule has 22 heavy (non-hydrogen) atoms. The molecule has 1 aromatic heterocycles. The lowest BCUT2D eigenvalue weighted by atomic mass is 9.85. The van der Waals surface area contributed by atoms with E-state index in [9.17, 15) is 5.11 Å². The van der Waals surface area contributed by atoms with Gasteiger partial charge in [0.25, 0.3) is 0 Å². The first-order chi connectivity index (χ1) is 10.9. The van der Waals surface area contributed by atoms with Crippen molar-refractivity contribution in [3.05, 3.63) is 30.1 Å². The molecule has 1 saturated carbocycles. The highest BCUT2D eigenvalue weighted by Crippen LogP contribution is 2.28. The summed E-state index contributed by atoms with van der Waals surface area (Å²) in [5.41, 5.74) is 2.21. The Kier molecular flexibility index (Phi) is 5.49. The van der Waals surface area contributed by atoms with Crippen LogP contribution < -0.4 is 0 Å². The largest absolute Gasteiger partial charge is 0.395 e. The number of unbranched alkanes of at least 4 members (excludes halogenated alkanes) is 1. The van der Waals surface area contributed by atoms with Gasteiger partial charge in [-0.05, 0) is 24.5 Å². The van der Waals surface area contributed by atoms with E-state index in [0.717, 1.165) is 29.2 Å². The number of hydrogen-bond acceptors (Lipinski definition) is 2. The molecular formula is C19H28N2O. The molecule has 1 N–H and O–H groups in total. The number of aromatic nitrogens is 2. The average Bonchev–Trinajstić information content (AvgIpc) is 2.91. The Morgan fingerprint density at radius 3 is 2.73 bits per heavy atom. The SMILES string of the molecule is OCCn1c(CCCCC2CCCCC2)nc2ccccc21. The van der Waals surface area contributed by atoms with Crippen LogP contribution in [0.5, 0.6) is 0 Å². The standard InChI is InChI=1S/C19H28N2O/c22-15-14-21-18-12-6-5-11-17(18)20-19(21)13-7-4-10-16-8-2-1-3-9-16/h5-6,11-12,16,22H,1-4,7-10,13-15H2. The molecule has 1 aliphatic rings. The highest BCUT2D eigenvalue weighted by molar-refractivity contribution is 5.75. The van der Waals surface area contributed by atoms with Crippen molar-refractivity contribution in [1.29, 1.82) is 0 Å². The van der Waals surface area contributed by atoms with E-state index in [2.05, 4.69) is 16.7 Å². The summed E-state index contributed by atoms with van der Waals surface area (Å²) < 4.78 is 2.19. The summed E-state index contributed by atoms with van der Waals surface area (Å²) in [4.78, 5) is 4.77. The molecule has 3 heteroatoms. The van der Waals surface area contributed by atoms with E-state index < -0.39 is 0 Å². The van der Waals surface area contributed by atoms with Crippen molar-refractivity contribution in [1.82, 2.24) is 9.55 Å². The van der Waals surface area contributed by atoms with Gasteiger partial charge in [0.1, 0.15) is 5.82 Å². The molecule has 3 rings (SSSR count). The van der Waals surface area contributed by atoms with E-state index >= 15 is 0 Å². The zero-order chi connectivity index (χ0) is 15.2. The van der Waals surface area contributed by atoms with Gasteiger partial charge in [-0.15, -0.1) is 0 Å². The number of rotatable bonds is 7. The summed E-state index contributed by atoms with van der Waals surface area (Å²) in [7, 11) is 0. The summed E-state index contributed by atoms with van der Waals surface area (Å²) >= 11 is 0. The molecule has 0 aliphatic heterocycles. The summed E-state index contributed by atoms with van der Waals surface area (Å²) in [5, 5.41) is 9.32. The molecule has 2 aromatic rings. The summed E-state index contributed by atoms with van der Waals surface area (Å²) in [6, 6.07) is 8.24. The molecular weight excluding hydrogens is 272 g/mol. The van der Waals surface area contributed by atoms with Crippen LogP contribution in [0.25, 0.3) is 11.0 Å². The van der Waals surface area contributed by atoms with E-state index in [1.807, 2.05) is 12.1 Å². The maximum atomic E-state index is 9.32. The van der Waals surface area contributed by atoms with Crippen LogP contribution in [0.4, 0.5) is 0 Å². The molecule has 1 heterocycles. The van der Waals surface area contributed by atoms with Crippen LogP contribution in [0.3, 0.4) is 0 Å². The Morgan fingerprint density at radius 2 is 1.91 bits per heavy atom. The van der Waals surface area contributed by atoms with Crippen LogP contribution in [0.1, 0.15) is 57.2 Å². The van der Waals surface area contributed by atoms with Gasteiger partial charge in [-0.3, -0.25) is 0 Å². The number of aliphatic hydroxyl groups excluding tert-OH is 1. The quantitative estimate of drug-likeness (QED) is 0.773. The van der Waals surface area contributed by atoms with E-state index in [1.165, 1.54) is 51.4 Å². The minimum Gasteiger partial charge on any atom is -0.395 e. The number of aliphatic hydroxyl groups is 1. The number of fused-ring (bicyclic) bond motifs is 1. The van der Waals surface area contributed by atoms with Gasteiger partial charge in [0.05, 0.1) is 17.6 Å². The fourth-order valence-electron chi connectivity index (χ4n) is 3.86. The first kappa shape index (κ1) is 15.5. The van der Waals surface area contributed by atoms with Crippen LogP contribution in [0.2, 0.25) is 0 Å². The highest BCUT2D eigenvalue weighted by atomic mass is 16.3. The van der Waals surface area contributed by atoms with E-state index in [4.69, 9.17) is 4.98 Å². The van der Waals surface area contributed by atoms with E-state index in [0.29, 0.717) is 6.54 Å². The first-order valence-electron chi connectivity index (χ1n) is 8.93. The number of benzene rings is 1. The number of aryl methyl sites for hydroxylation is 1. The minimum atomic E-state index is 0.176. The summed E-state index contributed by atoms with van der Waals surface area (Å²) in [5.74, 6) is 2.11. The second kappa shape index (κ2) is 7.77. The van der Waals surface area contributed by atoms with Crippen LogP contribution in [-0.4, -0.2) is 21.3 Å². The molecule has 1 aliphatic carbocycles. The number of hydrogen-bond donors (Lipinski definition) is 1. The van der Waals surface area contributed by atoms with Gasteiger partial charge < -0.3 is 9.67 Å². The van der Waals surface area contributed by atoms with Gasteiger partial charge in [0, 0.05) is 13.0 Å². The van der Waals surface area contributed by atoms with Crippen molar-refractivity contribution in [3.63, 3.8) is 0 Å². The number of para-hydroxylation sites is 2. The fourth-order valence-corrected chi connectivity index (χ4v) is 3.86. The molecule has 0 spiro atoms. The second-order valence-electron chi connectivity index (χ2n) is 6.64. The average molecular weight is 300 g/mol. The third-order valence-corrected chi connectivity index (χ3v) is 5.04. The van der Waals surface area contributed by atoms with Crippen molar-refractivity contribution >= 4 is 11.0 Å². The predicted molar refractivity (Wildman–Crippen MR) is 90.9 cm³/mol. The van der Waals surface area contributed by atoms with Crippen LogP contribution in [-0.2, 0) is 13.0 Å². The summed E-state index contributed by atoms with van der Waals surface area (Å²) in [6.45, 7) is 0.827. The topological polar surface area (TPSA) is 38.0 Å². The molecule has 0 atom stereocenters. The minimum absolute atomic E-state index is 0.176. The Hall–Kier alpha value is -1.35. The first-order valence-corrected chi connectivity index (χ1v) is 8.93. The van der Waals surface area contributed by atoms with Crippen molar-refractivity contribution in [2.75, 3.05) is 6.61 Å². The molecule has 0 amide bonds. The number of nitrogens with zero attached hydrogens (tertiary/aromatic N) is 2. The van der Waals surface area contributed by atoms with Gasteiger partial charge in [-0.2, -0.15) is 0 Å². The molecule has 120 valence electrons. The van der Waals surface area contributed by atoms with Crippen molar-refractivity contribution in [2.24, 2.45) is 5.92 Å². The van der Waals surface area contributed by atoms with Crippen molar-refractivity contribution in [3.8, 4) is 0 Å². The van der Waals surface area contributed by atoms with E-state index in [1.54, 1.807) is 0 Å². The lowest BCUT2D eigenvalue weighted by Gasteiger charge is -2.21. The normalized spacial score (nSPS) is 16.4. The maximum Gasteiger partial charge on any atom is 0.109 e. The van der Waals surface area contributed by atoms with E-state index in [-0.39, 0.29) is 6.61 Å². The monoisotopic (exact) mass is 300 g/mol. The van der Waals surface area contributed by atoms with Crippen LogP contribution >= 0.6 is 0 Å². The smallest absolute Gasteiger partial charge is 0.109 e. The Morgan fingerprint density at radius 1 is 1.09 bits per heavy atom. The molecule has 3 nitrogen and oxygen atoms in total. The third-order valence-electron chi connectivity index (χ3n) is 5.04. The van der Waals surface area contributed by atoms with Crippen molar-refractivity contribution in [2.45, 2.75) is 64.3 Å². The molecule has 0 radical (unpaired) electrons. The van der Waals surface area contributed by atoms with Crippen molar-refractivity contribution < 1.29 is 5.11 Å². The lowest BCUT2D eigenvalue weighted by molar-refractivity contribution is 0.275. The Bertz CT molecular complexity index is 584. The lowest BCUT2D eigenvalue weighted by Crippen LogP contribution is -2.08. The molecule has 0 unspecified atom stereocenters. The van der Waals surface area contributed by atoms with Crippen LogP contribution in [0, 0.1) is 5.92 Å². The zero-order valence-corrected chi connectivity index (χ0v) is 13.5. The second-order valence-corrected chi connectivity index (χ2v) is 6.64. The molecule has 0 bridgehead atoms. The van der Waals surface area contributed by atoms with Gasteiger partial charge in [0.15, 0.2) is 0 Å². The number of imidazole rings is 1. The predicted octanol–water partition coefficient (Wildman–Crippen LogP) is 4.32. The van der Waals surface area contributed by atoms with Gasteiger partial charge >= 0.3 is 0 Å².